The maximum atomic E-state index is 6.54. The average molecular weight is 450 g/mol. The van der Waals surface area contributed by atoms with E-state index in [1.165, 1.54) is 18.5 Å². The lowest BCUT2D eigenvalue weighted by molar-refractivity contribution is 0.292. The first-order valence-corrected chi connectivity index (χ1v) is 11.9. The number of likely N-dealkylation sites (tertiary alicyclic amines) is 1. The Kier molecular flexibility index (Phi) is 4.79. The number of piperazine rings is 1. The zero-order chi connectivity index (χ0) is 22.7. The van der Waals surface area contributed by atoms with Crippen LogP contribution in [-0.4, -0.2) is 62.4 Å². The lowest BCUT2D eigenvalue weighted by Gasteiger charge is -2.34. The molecule has 10 nitrogen and oxygen atoms in total. The van der Waals surface area contributed by atoms with E-state index < -0.39 is 0 Å². The highest BCUT2D eigenvalue weighted by atomic mass is 16.5. The van der Waals surface area contributed by atoms with Gasteiger partial charge in [-0.05, 0) is 38.3 Å². The highest BCUT2D eigenvalue weighted by Crippen LogP contribution is 2.43. The molecule has 174 valence electrons. The molecule has 1 saturated carbocycles. The van der Waals surface area contributed by atoms with Gasteiger partial charge < -0.3 is 20.5 Å². The summed E-state index contributed by atoms with van der Waals surface area (Å²) in [5, 5.41) is 15.2. The highest BCUT2D eigenvalue weighted by molar-refractivity contribution is 5.84. The predicted octanol–water partition coefficient (Wildman–Crippen LogP) is 2.94. The molecule has 3 aliphatic rings. The number of nitrogens with zero attached hydrogens (tertiary/aromatic N) is 6. The van der Waals surface area contributed by atoms with Crippen molar-refractivity contribution in [3.63, 3.8) is 0 Å². The molecule has 3 aromatic heterocycles. The van der Waals surface area contributed by atoms with Gasteiger partial charge in [0.05, 0.1) is 23.5 Å². The molecule has 2 saturated heterocycles. The molecule has 5 heterocycles. The minimum atomic E-state index is 0.318. The number of likely N-dealkylation sites (N-methyl/N-ethyl adjacent to an activating group) is 1. The first kappa shape index (κ1) is 20.5. The molecule has 0 spiro atoms. The molecule has 0 amide bonds. The monoisotopic (exact) mass is 449 g/mol. The molecule has 4 N–H and O–H groups in total. The standard InChI is InChI=1S/C23H31N9O/c1-12(2)17-7-16(33-30-17)9-25-23-26-21(24)20(19-8-18(28-29-19)13-4-5-13)22(27-23)32-11-14-6-15(32)10-31(14)3/h7-8,12-15H,4-6,9-11H2,1-3H3,(H,28,29)(H3,24,25,26,27). The fourth-order valence-electron chi connectivity index (χ4n) is 5.04. The Bertz CT molecular complexity index is 1160. The molecule has 3 fully saturated rings. The molecule has 0 aromatic carbocycles. The van der Waals surface area contributed by atoms with Crippen molar-refractivity contribution in [2.45, 2.75) is 63.6 Å². The van der Waals surface area contributed by atoms with E-state index in [0.717, 1.165) is 48.0 Å². The number of hydrogen-bond acceptors (Lipinski definition) is 9. The van der Waals surface area contributed by atoms with Gasteiger partial charge in [-0.1, -0.05) is 19.0 Å². The summed E-state index contributed by atoms with van der Waals surface area (Å²) in [6, 6.07) is 5.05. The molecule has 3 aromatic rings. The third-order valence-corrected chi connectivity index (χ3v) is 7.16. The first-order valence-electron chi connectivity index (χ1n) is 11.9. The van der Waals surface area contributed by atoms with Crippen LogP contribution in [0.25, 0.3) is 11.3 Å². The van der Waals surface area contributed by atoms with Gasteiger partial charge in [-0.2, -0.15) is 15.1 Å². The smallest absolute Gasteiger partial charge is 0.227 e. The molecule has 2 aliphatic heterocycles. The van der Waals surface area contributed by atoms with Gasteiger partial charge >= 0.3 is 0 Å². The van der Waals surface area contributed by atoms with Crippen LogP contribution in [0.5, 0.6) is 0 Å². The molecular formula is C23H31N9O. The molecular weight excluding hydrogens is 418 g/mol. The van der Waals surface area contributed by atoms with E-state index in [4.69, 9.17) is 15.2 Å². The van der Waals surface area contributed by atoms with Gasteiger partial charge in [0.15, 0.2) is 5.76 Å². The number of rotatable bonds is 7. The van der Waals surface area contributed by atoms with Crippen molar-refractivity contribution in [2.75, 3.05) is 36.1 Å². The average Bonchev–Trinajstić information content (AvgIpc) is 3.17. The van der Waals surface area contributed by atoms with Crippen LogP contribution >= 0.6 is 0 Å². The minimum Gasteiger partial charge on any atom is -0.383 e. The summed E-state index contributed by atoms with van der Waals surface area (Å²) in [5.74, 6) is 3.44. The minimum absolute atomic E-state index is 0.318. The van der Waals surface area contributed by atoms with E-state index in [1.807, 2.05) is 6.07 Å². The Morgan fingerprint density at radius 2 is 2.06 bits per heavy atom. The van der Waals surface area contributed by atoms with Crippen LogP contribution < -0.4 is 16.0 Å². The van der Waals surface area contributed by atoms with Crippen molar-refractivity contribution in [1.82, 2.24) is 30.2 Å². The zero-order valence-corrected chi connectivity index (χ0v) is 19.4. The van der Waals surface area contributed by atoms with Crippen LogP contribution in [0.3, 0.4) is 0 Å². The van der Waals surface area contributed by atoms with Gasteiger partial charge in [-0.15, -0.1) is 0 Å². The lowest BCUT2D eigenvalue weighted by Crippen LogP contribution is -2.45. The second-order valence-electron chi connectivity index (χ2n) is 9.98. The summed E-state index contributed by atoms with van der Waals surface area (Å²) in [4.78, 5) is 14.4. The van der Waals surface area contributed by atoms with Gasteiger partial charge in [-0.25, -0.2) is 0 Å². The van der Waals surface area contributed by atoms with E-state index in [1.54, 1.807) is 0 Å². The van der Waals surface area contributed by atoms with E-state index in [2.05, 4.69) is 62.4 Å². The number of aromatic nitrogens is 5. The maximum absolute atomic E-state index is 6.54. The SMILES string of the molecule is CC(C)c1cc(CNc2nc(N)c(-c3cc(C4CC4)[nH]n3)c(N3CC4CC3CN4C)n2)on1. The second kappa shape index (κ2) is 7.72. The number of nitrogens with two attached hydrogens (primary N) is 1. The Hall–Kier alpha value is -3.14. The summed E-state index contributed by atoms with van der Waals surface area (Å²) in [7, 11) is 2.20. The van der Waals surface area contributed by atoms with E-state index in [-0.39, 0.29) is 0 Å². The normalized spacial score (nSPS) is 22.6. The molecule has 6 rings (SSSR count). The topological polar surface area (TPSA) is 125 Å². The number of fused-ring (bicyclic) bond motifs is 2. The van der Waals surface area contributed by atoms with Crippen molar-refractivity contribution in [3.05, 3.63) is 29.3 Å². The third kappa shape index (κ3) is 3.72. The largest absolute Gasteiger partial charge is 0.383 e. The quantitative estimate of drug-likeness (QED) is 0.499. The number of anilines is 3. The van der Waals surface area contributed by atoms with E-state index in [0.29, 0.717) is 42.2 Å². The summed E-state index contributed by atoms with van der Waals surface area (Å²) in [6.07, 6.45) is 3.57. The summed E-state index contributed by atoms with van der Waals surface area (Å²) in [5.41, 5.74) is 10.3. The van der Waals surface area contributed by atoms with Crippen LogP contribution in [0.15, 0.2) is 16.7 Å². The zero-order valence-electron chi connectivity index (χ0n) is 19.4. The number of nitrogen functional groups attached to an aromatic ring is 1. The third-order valence-electron chi connectivity index (χ3n) is 7.16. The Balaban J connectivity index is 1.32. The van der Waals surface area contributed by atoms with Gasteiger partial charge in [-0.3, -0.25) is 10.00 Å². The van der Waals surface area contributed by atoms with Crippen molar-refractivity contribution in [3.8, 4) is 11.3 Å². The predicted molar refractivity (Wildman–Crippen MR) is 126 cm³/mol. The Labute approximate surface area is 192 Å². The second-order valence-corrected chi connectivity index (χ2v) is 9.98. The lowest BCUT2D eigenvalue weighted by atomic mass is 10.1. The van der Waals surface area contributed by atoms with Crippen molar-refractivity contribution < 1.29 is 4.52 Å². The first-order chi connectivity index (χ1) is 16.0. The molecule has 1 aliphatic carbocycles. The summed E-state index contributed by atoms with van der Waals surface area (Å²) in [6.45, 7) is 6.59. The number of nitrogens with one attached hydrogen (secondary N) is 2. The number of aromatic amines is 1. The molecule has 2 unspecified atom stereocenters. The Morgan fingerprint density at radius 3 is 2.73 bits per heavy atom. The van der Waals surface area contributed by atoms with Gasteiger partial charge in [0.25, 0.3) is 0 Å². The van der Waals surface area contributed by atoms with E-state index >= 15 is 0 Å². The molecule has 2 bridgehead atoms. The highest BCUT2D eigenvalue weighted by Gasteiger charge is 2.43. The molecule has 2 atom stereocenters. The summed E-state index contributed by atoms with van der Waals surface area (Å²) >= 11 is 0. The molecule has 10 heteroatoms. The number of H-pyrrole nitrogens is 1. The summed E-state index contributed by atoms with van der Waals surface area (Å²) < 4.78 is 5.45. The molecule has 33 heavy (non-hydrogen) atoms. The van der Waals surface area contributed by atoms with Crippen LogP contribution in [-0.2, 0) is 6.54 Å². The van der Waals surface area contributed by atoms with Crippen LogP contribution in [0, 0.1) is 0 Å². The van der Waals surface area contributed by atoms with Crippen molar-refractivity contribution in [1.29, 1.82) is 0 Å². The van der Waals surface area contributed by atoms with Gasteiger partial charge in [0.1, 0.15) is 11.6 Å². The van der Waals surface area contributed by atoms with Crippen molar-refractivity contribution in [2.24, 2.45) is 0 Å². The fraction of sp³-hybridized carbons (Fsp3) is 0.565. The van der Waals surface area contributed by atoms with Crippen molar-refractivity contribution >= 4 is 17.6 Å². The fourth-order valence-corrected chi connectivity index (χ4v) is 5.04. The van der Waals surface area contributed by atoms with Crippen LogP contribution in [0.4, 0.5) is 17.6 Å². The van der Waals surface area contributed by atoms with E-state index in [9.17, 15) is 0 Å². The van der Waals surface area contributed by atoms with Gasteiger partial charge in [0, 0.05) is 42.9 Å². The maximum Gasteiger partial charge on any atom is 0.227 e. The molecule has 0 radical (unpaired) electrons. The Morgan fingerprint density at radius 1 is 1.21 bits per heavy atom. The van der Waals surface area contributed by atoms with Gasteiger partial charge in [0.2, 0.25) is 5.95 Å². The number of hydrogen-bond donors (Lipinski definition) is 3. The van der Waals surface area contributed by atoms with Crippen LogP contribution in [0.2, 0.25) is 0 Å². The van der Waals surface area contributed by atoms with Crippen LogP contribution in [0.1, 0.15) is 62.1 Å².